The standard InChI is InChI=1S/C13H15N3O3/c1-7-5-14-6-9(7)13-15-12(16-19-13)8-2-3-10(17)11(18)4-8/h2-4,7,9,14,17-18H,5-6H2,1H3. The number of hydrogen-bond donors (Lipinski definition) is 3. The van der Waals surface area contributed by atoms with Gasteiger partial charge in [0, 0.05) is 12.1 Å². The highest BCUT2D eigenvalue weighted by atomic mass is 16.5. The molecule has 0 aliphatic carbocycles. The minimum Gasteiger partial charge on any atom is -0.504 e. The van der Waals surface area contributed by atoms with E-state index < -0.39 is 0 Å². The molecule has 2 aromatic rings. The molecule has 19 heavy (non-hydrogen) atoms. The second-order valence-electron chi connectivity index (χ2n) is 4.90. The topological polar surface area (TPSA) is 91.4 Å². The fraction of sp³-hybridized carbons (Fsp3) is 0.385. The van der Waals surface area contributed by atoms with E-state index >= 15 is 0 Å². The van der Waals surface area contributed by atoms with Gasteiger partial charge in [-0.1, -0.05) is 12.1 Å². The van der Waals surface area contributed by atoms with Gasteiger partial charge in [0.2, 0.25) is 11.7 Å². The maximum absolute atomic E-state index is 9.48. The van der Waals surface area contributed by atoms with Crippen LogP contribution in [0.25, 0.3) is 11.4 Å². The van der Waals surface area contributed by atoms with E-state index in [9.17, 15) is 10.2 Å². The molecule has 100 valence electrons. The van der Waals surface area contributed by atoms with Crippen molar-refractivity contribution in [1.82, 2.24) is 15.5 Å². The number of rotatable bonds is 2. The number of phenolic OH excluding ortho intramolecular Hbond substituents is 2. The van der Waals surface area contributed by atoms with Gasteiger partial charge in [0.05, 0.1) is 5.92 Å². The maximum Gasteiger partial charge on any atom is 0.231 e. The van der Waals surface area contributed by atoms with Crippen molar-refractivity contribution < 1.29 is 14.7 Å². The van der Waals surface area contributed by atoms with Gasteiger partial charge in [-0.05, 0) is 30.7 Å². The Labute approximate surface area is 110 Å². The molecule has 0 spiro atoms. The molecule has 1 fully saturated rings. The normalized spacial score (nSPS) is 22.8. The molecule has 1 aromatic carbocycles. The Hall–Kier alpha value is -2.08. The average Bonchev–Trinajstić information content (AvgIpc) is 3.01. The Morgan fingerprint density at radius 3 is 2.79 bits per heavy atom. The Morgan fingerprint density at radius 1 is 1.26 bits per heavy atom. The van der Waals surface area contributed by atoms with Gasteiger partial charge in [-0.3, -0.25) is 0 Å². The van der Waals surface area contributed by atoms with Gasteiger partial charge in [0.1, 0.15) is 0 Å². The molecule has 1 aliphatic heterocycles. The van der Waals surface area contributed by atoms with Gasteiger partial charge in [0.15, 0.2) is 11.5 Å². The van der Waals surface area contributed by atoms with Crippen molar-refractivity contribution in [3.05, 3.63) is 24.1 Å². The molecule has 1 saturated heterocycles. The third-order valence-electron chi connectivity index (χ3n) is 3.51. The molecule has 1 aliphatic rings. The number of hydrogen-bond acceptors (Lipinski definition) is 6. The van der Waals surface area contributed by atoms with Crippen LogP contribution in [0, 0.1) is 5.92 Å². The Balaban J connectivity index is 1.90. The summed E-state index contributed by atoms with van der Waals surface area (Å²) in [5.41, 5.74) is 0.615. The van der Waals surface area contributed by atoms with Gasteiger partial charge < -0.3 is 20.1 Å². The van der Waals surface area contributed by atoms with Crippen molar-refractivity contribution in [3.8, 4) is 22.9 Å². The highest BCUT2D eigenvalue weighted by Crippen LogP contribution is 2.31. The first kappa shape index (κ1) is 12.0. The van der Waals surface area contributed by atoms with Gasteiger partial charge in [-0.25, -0.2) is 0 Å². The van der Waals surface area contributed by atoms with Crippen LogP contribution >= 0.6 is 0 Å². The molecule has 0 bridgehead atoms. The largest absolute Gasteiger partial charge is 0.504 e. The van der Waals surface area contributed by atoms with Crippen LogP contribution in [0.1, 0.15) is 18.7 Å². The van der Waals surface area contributed by atoms with Crippen LogP contribution in [0.15, 0.2) is 22.7 Å². The van der Waals surface area contributed by atoms with Crippen molar-refractivity contribution in [2.75, 3.05) is 13.1 Å². The van der Waals surface area contributed by atoms with Crippen LogP contribution < -0.4 is 5.32 Å². The zero-order valence-electron chi connectivity index (χ0n) is 10.5. The maximum atomic E-state index is 9.48. The van der Waals surface area contributed by atoms with E-state index in [2.05, 4.69) is 22.4 Å². The molecular formula is C13H15N3O3. The van der Waals surface area contributed by atoms with Crippen LogP contribution in [0.3, 0.4) is 0 Å². The van der Waals surface area contributed by atoms with E-state index in [1.807, 2.05) is 0 Å². The average molecular weight is 261 g/mol. The highest BCUT2D eigenvalue weighted by Gasteiger charge is 2.29. The lowest BCUT2D eigenvalue weighted by Gasteiger charge is -2.07. The van der Waals surface area contributed by atoms with Gasteiger partial charge in [-0.2, -0.15) is 4.98 Å². The molecule has 0 radical (unpaired) electrons. The lowest BCUT2D eigenvalue weighted by atomic mass is 9.98. The third kappa shape index (κ3) is 2.15. The Kier molecular flexibility index (Phi) is 2.87. The van der Waals surface area contributed by atoms with E-state index in [0.29, 0.717) is 23.2 Å². The molecular weight excluding hydrogens is 246 g/mol. The minimum absolute atomic E-state index is 0.166. The molecule has 2 unspecified atom stereocenters. The highest BCUT2D eigenvalue weighted by molar-refractivity contribution is 5.59. The molecule has 6 heteroatoms. The summed E-state index contributed by atoms with van der Waals surface area (Å²) >= 11 is 0. The zero-order valence-corrected chi connectivity index (χ0v) is 10.5. The SMILES string of the molecule is CC1CNCC1c1nc(-c2ccc(O)c(O)c2)no1. The molecule has 0 amide bonds. The van der Waals surface area contributed by atoms with Crippen molar-refractivity contribution in [1.29, 1.82) is 0 Å². The summed E-state index contributed by atoms with van der Waals surface area (Å²) in [6.07, 6.45) is 0. The first-order valence-corrected chi connectivity index (χ1v) is 6.22. The van der Waals surface area contributed by atoms with Gasteiger partial charge in [0.25, 0.3) is 0 Å². The number of aromatic nitrogens is 2. The van der Waals surface area contributed by atoms with Crippen LogP contribution in [0.5, 0.6) is 11.5 Å². The molecule has 3 rings (SSSR count). The van der Waals surface area contributed by atoms with E-state index in [-0.39, 0.29) is 17.4 Å². The predicted molar refractivity (Wildman–Crippen MR) is 67.8 cm³/mol. The van der Waals surface area contributed by atoms with Crippen LogP contribution in [0.2, 0.25) is 0 Å². The lowest BCUT2D eigenvalue weighted by Crippen LogP contribution is -2.08. The van der Waals surface area contributed by atoms with Crippen LogP contribution in [-0.4, -0.2) is 33.4 Å². The fourth-order valence-corrected chi connectivity index (χ4v) is 2.31. The third-order valence-corrected chi connectivity index (χ3v) is 3.51. The van der Waals surface area contributed by atoms with Crippen LogP contribution in [0.4, 0.5) is 0 Å². The van der Waals surface area contributed by atoms with E-state index in [0.717, 1.165) is 13.1 Å². The molecule has 1 aromatic heterocycles. The van der Waals surface area contributed by atoms with E-state index in [1.54, 1.807) is 6.07 Å². The summed E-state index contributed by atoms with van der Waals surface area (Å²) < 4.78 is 5.30. The number of phenols is 2. The predicted octanol–water partition coefficient (Wildman–Crippen LogP) is 1.47. The second kappa shape index (κ2) is 4.55. The quantitative estimate of drug-likeness (QED) is 0.709. The summed E-state index contributed by atoms with van der Waals surface area (Å²) in [6.45, 7) is 3.92. The van der Waals surface area contributed by atoms with E-state index in [1.165, 1.54) is 12.1 Å². The van der Waals surface area contributed by atoms with Gasteiger partial charge in [-0.15, -0.1) is 0 Å². The molecule has 3 N–H and O–H groups in total. The van der Waals surface area contributed by atoms with Crippen molar-refractivity contribution >= 4 is 0 Å². The monoisotopic (exact) mass is 261 g/mol. The molecule has 2 heterocycles. The number of nitrogens with zero attached hydrogens (tertiary/aromatic N) is 2. The second-order valence-corrected chi connectivity index (χ2v) is 4.90. The summed E-state index contributed by atoms with van der Waals surface area (Å²) in [5, 5.41) is 26.0. The van der Waals surface area contributed by atoms with Crippen molar-refractivity contribution in [3.63, 3.8) is 0 Å². The lowest BCUT2D eigenvalue weighted by molar-refractivity contribution is 0.340. The zero-order chi connectivity index (χ0) is 13.4. The number of aromatic hydroxyl groups is 2. The van der Waals surface area contributed by atoms with Gasteiger partial charge >= 0.3 is 0 Å². The number of nitrogens with one attached hydrogen (secondary N) is 1. The van der Waals surface area contributed by atoms with Crippen LogP contribution in [-0.2, 0) is 0 Å². The summed E-state index contributed by atoms with van der Waals surface area (Å²) in [5.74, 6) is 1.36. The Bertz CT molecular complexity index is 597. The molecule has 2 atom stereocenters. The fourth-order valence-electron chi connectivity index (χ4n) is 2.31. The molecule has 0 saturated carbocycles. The first-order valence-electron chi connectivity index (χ1n) is 6.22. The van der Waals surface area contributed by atoms with Crippen molar-refractivity contribution in [2.45, 2.75) is 12.8 Å². The summed E-state index contributed by atoms with van der Waals surface area (Å²) in [4.78, 5) is 4.37. The summed E-state index contributed by atoms with van der Waals surface area (Å²) in [6, 6.07) is 4.46. The number of benzene rings is 1. The summed E-state index contributed by atoms with van der Waals surface area (Å²) in [7, 11) is 0. The molecule has 6 nitrogen and oxygen atoms in total. The first-order chi connectivity index (χ1) is 9.15. The Morgan fingerprint density at radius 2 is 2.11 bits per heavy atom. The smallest absolute Gasteiger partial charge is 0.231 e. The minimum atomic E-state index is -0.195. The van der Waals surface area contributed by atoms with E-state index in [4.69, 9.17) is 4.52 Å². The van der Waals surface area contributed by atoms with Crippen molar-refractivity contribution in [2.24, 2.45) is 5.92 Å².